The molecule has 0 N–H and O–H groups in total. The molecule has 13 heavy (non-hydrogen) atoms. The van der Waals surface area contributed by atoms with Crippen LogP contribution in [0.1, 0.15) is 11.1 Å². The molecule has 0 saturated carbocycles. The second kappa shape index (κ2) is 3.48. The lowest BCUT2D eigenvalue weighted by Gasteiger charge is -2.08. The minimum atomic E-state index is 0.948. The van der Waals surface area contributed by atoms with E-state index in [9.17, 15) is 0 Å². The van der Waals surface area contributed by atoms with Gasteiger partial charge in [0, 0.05) is 5.56 Å². The standard InChI is InChI=1S/C12H12O/c1-13-12-9-5-3-7-10-6-2-4-8-11(10)12/h2-6,8-9H,7H2,1H3. The number of ether oxygens (including phenoxy) is 1. The molecule has 0 unspecified atom stereocenters. The van der Waals surface area contributed by atoms with Gasteiger partial charge in [-0.1, -0.05) is 36.4 Å². The Kier molecular flexibility index (Phi) is 2.17. The van der Waals surface area contributed by atoms with Crippen LogP contribution in [-0.2, 0) is 11.2 Å². The van der Waals surface area contributed by atoms with Gasteiger partial charge in [-0.15, -0.1) is 0 Å². The van der Waals surface area contributed by atoms with Crippen molar-refractivity contribution < 1.29 is 4.74 Å². The fraction of sp³-hybridized carbons (Fsp3) is 0.167. The summed E-state index contributed by atoms with van der Waals surface area (Å²) in [7, 11) is 1.71. The Labute approximate surface area is 78.3 Å². The lowest BCUT2D eigenvalue weighted by molar-refractivity contribution is 0.370. The molecule has 1 nitrogen and oxygen atoms in total. The quantitative estimate of drug-likeness (QED) is 0.633. The molecule has 0 spiro atoms. The number of rotatable bonds is 1. The molecule has 1 aliphatic rings. The van der Waals surface area contributed by atoms with E-state index in [2.05, 4.69) is 24.3 Å². The SMILES string of the molecule is COC1=CC=CCc2ccccc21. The highest BCUT2D eigenvalue weighted by molar-refractivity contribution is 5.65. The van der Waals surface area contributed by atoms with Crippen molar-refractivity contribution in [3.05, 3.63) is 53.6 Å². The average molecular weight is 172 g/mol. The Hall–Kier alpha value is -1.50. The van der Waals surface area contributed by atoms with Gasteiger partial charge in [-0.25, -0.2) is 0 Å². The van der Waals surface area contributed by atoms with Gasteiger partial charge in [0.15, 0.2) is 0 Å². The van der Waals surface area contributed by atoms with Gasteiger partial charge in [0.2, 0.25) is 0 Å². The predicted molar refractivity (Wildman–Crippen MR) is 54.3 cm³/mol. The summed E-state index contributed by atoms with van der Waals surface area (Å²) in [4.78, 5) is 0. The second-order valence-corrected chi connectivity index (χ2v) is 3.02. The molecule has 0 heterocycles. The topological polar surface area (TPSA) is 9.23 Å². The van der Waals surface area contributed by atoms with E-state index in [0.29, 0.717) is 0 Å². The van der Waals surface area contributed by atoms with Gasteiger partial charge in [-0.05, 0) is 18.1 Å². The summed E-state index contributed by atoms with van der Waals surface area (Å²) in [6.45, 7) is 0. The van der Waals surface area contributed by atoms with E-state index in [1.807, 2.05) is 18.2 Å². The highest BCUT2D eigenvalue weighted by Crippen LogP contribution is 2.22. The monoisotopic (exact) mass is 172 g/mol. The number of fused-ring (bicyclic) bond motifs is 1. The van der Waals surface area contributed by atoms with E-state index >= 15 is 0 Å². The molecule has 1 heteroatoms. The third kappa shape index (κ3) is 1.50. The van der Waals surface area contributed by atoms with Gasteiger partial charge in [-0.2, -0.15) is 0 Å². The van der Waals surface area contributed by atoms with Crippen LogP contribution in [0.15, 0.2) is 42.5 Å². The summed E-state index contributed by atoms with van der Waals surface area (Å²) in [6.07, 6.45) is 7.18. The molecule has 0 radical (unpaired) electrons. The first-order valence-corrected chi connectivity index (χ1v) is 4.41. The summed E-state index contributed by atoms with van der Waals surface area (Å²) in [5, 5.41) is 0. The molecule has 0 amide bonds. The highest BCUT2D eigenvalue weighted by atomic mass is 16.5. The van der Waals surface area contributed by atoms with Gasteiger partial charge in [0.25, 0.3) is 0 Å². The van der Waals surface area contributed by atoms with Crippen LogP contribution in [0.25, 0.3) is 5.76 Å². The maximum atomic E-state index is 5.31. The lowest BCUT2D eigenvalue weighted by Crippen LogP contribution is -1.91. The van der Waals surface area contributed by atoms with Gasteiger partial charge in [-0.3, -0.25) is 0 Å². The number of benzene rings is 1. The average Bonchev–Trinajstić information content (AvgIpc) is 2.39. The first-order valence-electron chi connectivity index (χ1n) is 4.41. The van der Waals surface area contributed by atoms with Gasteiger partial charge in [0.1, 0.15) is 5.76 Å². The molecule has 0 aliphatic heterocycles. The molecule has 2 rings (SSSR count). The minimum absolute atomic E-state index is 0.948. The third-order valence-corrected chi connectivity index (χ3v) is 2.22. The van der Waals surface area contributed by atoms with Crippen LogP contribution < -0.4 is 0 Å². The molecule has 1 aromatic rings. The van der Waals surface area contributed by atoms with E-state index in [4.69, 9.17) is 4.74 Å². The van der Waals surface area contributed by atoms with Crippen molar-refractivity contribution in [2.75, 3.05) is 7.11 Å². The Morgan fingerprint density at radius 3 is 2.92 bits per heavy atom. The van der Waals surface area contributed by atoms with Gasteiger partial charge in [0.05, 0.1) is 7.11 Å². The van der Waals surface area contributed by atoms with Crippen LogP contribution in [-0.4, -0.2) is 7.11 Å². The maximum Gasteiger partial charge on any atom is 0.126 e. The summed E-state index contributed by atoms with van der Waals surface area (Å²) < 4.78 is 5.31. The zero-order chi connectivity index (χ0) is 9.10. The van der Waals surface area contributed by atoms with Crippen molar-refractivity contribution in [3.8, 4) is 0 Å². The Morgan fingerprint density at radius 2 is 2.08 bits per heavy atom. The predicted octanol–water partition coefficient (Wildman–Crippen LogP) is 2.79. The first kappa shape index (κ1) is 8.11. The zero-order valence-electron chi connectivity index (χ0n) is 7.66. The van der Waals surface area contributed by atoms with Crippen LogP contribution >= 0.6 is 0 Å². The van der Waals surface area contributed by atoms with Crippen molar-refractivity contribution in [2.45, 2.75) is 6.42 Å². The number of hydrogen-bond acceptors (Lipinski definition) is 1. The van der Waals surface area contributed by atoms with Crippen LogP contribution in [0.3, 0.4) is 0 Å². The molecule has 66 valence electrons. The smallest absolute Gasteiger partial charge is 0.126 e. The van der Waals surface area contributed by atoms with Crippen molar-refractivity contribution in [3.63, 3.8) is 0 Å². The molecule has 1 aromatic carbocycles. The lowest BCUT2D eigenvalue weighted by atomic mass is 10.0. The number of hydrogen-bond donors (Lipinski definition) is 0. The van der Waals surface area contributed by atoms with E-state index in [1.54, 1.807) is 7.11 Å². The maximum absolute atomic E-state index is 5.31. The van der Waals surface area contributed by atoms with Crippen LogP contribution in [0.5, 0.6) is 0 Å². The van der Waals surface area contributed by atoms with Crippen LogP contribution in [0, 0.1) is 0 Å². The number of allylic oxidation sites excluding steroid dienone is 3. The molecular weight excluding hydrogens is 160 g/mol. The Morgan fingerprint density at radius 1 is 1.23 bits per heavy atom. The summed E-state index contributed by atoms with van der Waals surface area (Å²) in [5.74, 6) is 0.948. The largest absolute Gasteiger partial charge is 0.496 e. The fourth-order valence-electron chi connectivity index (χ4n) is 1.56. The van der Waals surface area contributed by atoms with Gasteiger partial charge < -0.3 is 4.74 Å². The second-order valence-electron chi connectivity index (χ2n) is 3.02. The van der Waals surface area contributed by atoms with Crippen LogP contribution in [0.4, 0.5) is 0 Å². The fourth-order valence-corrected chi connectivity index (χ4v) is 1.56. The van der Waals surface area contributed by atoms with Crippen LogP contribution in [0.2, 0.25) is 0 Å². The van der Waals surface area contributed by atoms with Gasteiger partial charge >= 0.3 is 0 Å². The molecule has 0 bridgehead atoms. The summed E-state index contributed by atoms with van der Waals surface area (Å²) in [6, 6.07) is 8.33. The first-order chi connectivity index (χ1) is 6.42. The molecule has 0 saturated heterocycles. The van der Waals surface area contributed by atoms with Crippen molar-refractivity contribution in [1.82, 2.24) is 0 Å². The molecule has 0 fully saturated rings. The highest BCUT2D eigenvalue weighted by Gasteiger charge is 2.07. The van der Waals surface area contributed by atoms with E-state index in [0.717, 1.165) is 12.2 Å². The summed E-state index contributed by atoms with van der Waals surface area (Å²) >= 11 is 0. The van der Waals surface area contributed by atoms with E-state index < -0.39 is 0 Å². The molecule has 0 aromatic heterocycles. The van der Waals surface area contributed by atoms with E-state index in [1.165, 1.54) is 11.1 Å². The van der Waals surface area contributed by atoms with Crippen molar-refractivity contribution in [1.29, 1.82) is 0 Å². The number of methoxy groups -OCH3 is 1. The normalized spacial score (nSPS) is 14.4. The molecule has 0 atom stereocenters. The van der Waals surface area contributed by atoms with E-state index in [-0.39, 0.29) is 0 Å². The molecule has 1 aliphatic carbocycles. The zero-order valence-corrected chi connectivity index (χ0v) is 7.66. The Balaban J connectivity index is 2.53. The molecular formula is C12H12O. The summed E-state index contributed by atoms with van der Waals surface area (Å²) in [5.41, 5.74) is 2.53. The van der Waals surface area contributed by atoms with Crippen molar-refractivity contribution >= 4 is 5.76 Å². The minimum Gasteiger partial charge on any atom is -0.496 e. The third-order valence-electron chi connectivity index (χ3n) is 2.22. The van der Waals surface area contributed by atoms with Crippen molar-refractivity contribution in [2.24, 2.45) is 0 Å². The Bertz CT molecular complexity index is 361.